The van der Waals surface area contributed by atoms with E-state index in [2.05, 4.69) is 10.3 Å². The van der Waals surface area contributed by atoms with Crippen molar-refractivity contribution in [3.05, 3.63) is 35.5 Å². The minimum absolute atomic E-state index is 0.00424. The first kappa shape index (κ1) is 15.7. The van der Waals surface area contributed by atoms with Crippen LogP contribution in [0.3, 0.4) is 0 Å². The van der Waals surface area contributed by atoms with Crippen LogP contribution in [0, 0.1) is 12.8 Å². The fourth-order valence-electron chi connectivity index (χ4n) is 4.44. The van der Waals surface area contributed by atoms with Crippen molar-refractivity contribution in [1.82, 2.24) is 15.0 Å². The molecule has 1 aromatic heterocycles. The Kier molecular flexibility index (Phi) is 3.48. The van der Waals surface area contributed by atoms with Gasteiger partial charge < -0.3 is 0 Å². The number of hydrogen-bond acceptors (Lipinski definition) is 2. The Morgan fingerprint density at radius 1 is 1.12 bits per heavy atom. The maximum absolute atomic E-state index is 12.9. The van der Waals surface area contributed by atoms with Crippen LogP contribution in [0.15, 0.2) is 24.4 Å². The van der Waals surface area contributed by atoms with Gasteiger partial charge in [-0.3, -0.25) is 0 Å². The molecular formula is C18H20F3N3. The number of halogens is 3. The van der Waals surface area contributed by atoms with Gasteiger partial charge in [0.15, 0.2) is 0 Å². The summed E-state index contributed by atoms with van der Waals surface area (Å²) in [6.45, 7) is 1.72. The molecule has 1 aromatic carbocycles. The molecule has 0 saturated heterocycles. The molecule has 2 aromatic rings. The van der Waals surface area contributed by atoms with E-state index in [1.165, 1.54) is 25.3 Å². The molecule has 0 atom stereocenters. The van der Waals surface area contributed by atoms with Crippen molar-refractivity contribution >= 4 is 0 Å². The van der Waals surface area contributed by atoms with Crippen LogP contribution in [-0.2, 0) is 11.7 Å². The Hall–Kier alpha value is -1.85. The van der Waals surface area contributed by atoms with Crippen molar-refractivity contribution in [2.75, 3.05) is 0 Å². The van der Waals surface area contributed by atoms with Gasteiger partial charge in [-0.2, -0.15) is 13.2 Å². The molecule has 0 spiro atoms. The summed E-state index contributed by atoms with van der Waals surface area (Å²) in [6.07, 6.45) is 4.28. The molecule has 3 aliphatic rings. The van der Waals surface area contributed by atoms with Crippen molar-refractivity contribution in [1.29, 1.82) is 0 Å². The van der Waals surface area contributed by atoms with Gasteiger partial charge in [-0.25, -0.2) is 4.68 Å². The molecule has 6 heteroatoms. The van der Waals surface area contributed by atoms with E-state index in [1.54, 1.807) is 19.2 Å². The highest BCUT2D eigenvalue weighted by atomic mass is 19.4. The lowest BCUT2D eigenvalue weighted by Gasteiger charge is -2.46. The van der Waals surface area contributed by atoms with Crippen LogP contribution in [-0.4, -0.2) is 15.0 Å². The average molecular weight is 335 g/mol. The van der Waals surface area contributed by atoms with Crippen LogP contribution in [0.1, 0.15) is 49.7 Å². The van der Waals surface area contributed by atoms with Gasteiger partial charge in [-0.1, -0.05) is 11.3 Å². The number of aromatic nitrogens is 3. The molecule has 24 heavy (non-hydrogen) atoms. The lowest BCUT2D eigenvalue weighted by molar-refractivity contribution is -0.137. The van der Waals surface area contributed by atoms with Crippen LogP contribution in [0.4, 0.5) is 13.2 Å². The second-order valence-electron chi connectivity index (χ2n) is 7.26. The summed E-state index contributed by atoms with van der Waals surface area (Å²) < 4.78 is 40.7. The third-order valence-electron chi connectivity index (χ3n) is 5.88. The molecule has 3 aliphatic carbocycles. The largest absolute Gasteiger partial charge is 0.416 e. The molecule has 3 fully saturated rings. The number of hydrogen-bond donors (Lipinski definition) is 0. The van der Waals surface area contributed by atoms with Gasteiger partial charge in [-0.15, -0.1) is 5.10 Å². The monoisotopic (exact) mass is 335 g/mol. The summed E-state index contributed by atoms with van der Waals surface area (Å²) in [6, 6.07) is 3.91. The first-order valence-corrected chi connectivity index (χ1v) is 8.48. The smallest absolute Gasteiger partial charge is 0.239 e. The van der Waals surface area contributed by atoms with Gasteiger partial charge in [0.25, 0.3) is 0 Å². The third kappa shape index (κ3) is 2.43. The van der Waals surface area contributed by atoms with Crippen LogP contribution >= 0.6 is 0 Å². The summed E-state index contributed by atoms with van der Waals surface area (Å²) in [5, 5.41) is 8.43. The van der Waals surface area contributed by atoms with E-state index in [1.807, 2.05) is 4.68 Å². The fourth-order valence-corrected chi connectivity index (χ4v) is 4.44. The molecular weight excluding hydrogens is 315 g/mol. The fraction of sp³-hybridized carbons (Fsp3) is 0.556. The van der Waals surface area contributed by atoms with Gasteiger partial charge in [0.2, 0.25) is 0 Å². The zero-order valence-electron chi connectivity index (χ0n) is 13.6. The Morgan fingerprint density at radius 3 is 2.38 bits per heavy atom. The second kappa shape index (κ2) is 5.33. The third-order valence-corrected chi connectivity index (χ3v) is 5.88. The topological polar surface area (TPSA) is 30.7 Å². The van der Waals surface area contributed by atoms with E-state index < -0.39 is 11.7 Å². The second-order valence-corrected chi connectivity index (χ2v) is 7.26. The standard InChI is InChI=1S/C18H20F3N3/c1-12-10-14(18(19,20)21)2-3-15(12)16-11-22-23-24(16)17-7-4-13(5-8-17)6-9-17/h2-3,10-11,13H,4-9H2,1H3. The summed E-state index contributed by atoms with van der Waals surface area (Å²) in [5.41, 5.74) is 1.61. The Balaban J connectivity index is 1.75. The van der Waals surface area contributed by atoms with Crippen LogP contribution in [0.2, 0.25) is 0 Å². The van der Waals surface area contributed by atoms with E-state index in [4.69, 9.17) is 0 Å². The molecule has 1 heterocycles. The predicted molar refractivity (Wildman–Crippen MR) is 84.4 cm³/mol. The molecule has 3 nitrogen and oxygen atoms in total. The highest BCUT2D eigenvalue weighted by molar-refractivity contribution is 5.64. The van der Waals surface area contributed by atoms with Crippen molar-refractivity contribution in [3.63, 3.8) is 0 Å². The molecule has 2 bridgehead atoms. The Morgan fingerprint density at radius 2 is 1.79 bits per heavy atom. The zero-order valence-corrected chi connectivity index (χ0v) is 13.6. The van der Waals surface area contributed by atoms with Crippen LogP contribution < -0.4 is 0 Å². The van der Waals surface area contributed by atoms with E-state index in [0.717, 1.165) is 42.5 Å². The Bertz CT molecular complexity index is 741. The summed E-state index contributed by atoms with van der Waals surface area (Å²) >= 11 is 0. The quantitative estimate of drug-likeness (QED) is 0.777. The molecule has 0 unspecified atom stereocenters. The van der Waals surface area contributed by atoms with Crippen molar-refractivity contribution in [2.24, 2.45) is 5.92 Å². The zero-order chi connectivity index (χ0) is 16.9. The number of alkyl halides is 3. The molecule has 128 valence electrons. The minimum atomic E-state index is -4.32. The average Bonchev–Trinajstić information content (AvgIpc) is 3.06. The maximum atomic E-state index is 12.9. The normalized spacial score (nSPS) is 26.8. The molecule has 0 radical (unpaired) electrons. The maximum Gasteiger partial charge on any atom is 0.416 e. The first-order chi connectivity index (χ1) is 11.4. The van der Waals surface area contributed by atoms with Gasteiger partial charge in [-0.05, 0) is 69.1 Å². The number of fused-ring (bicyclic) bond motifs is 3. The number of aryl methyl sites for hydroxylation is 1. The lowest BCUT2D eigenvalue weighted by atomic mass is 9.66. The van der Waals surface area contributed by atoms with E-state index in [-0.39, 0.29) is 5.54 Å². The molecule has 0 N–H and O–H groups in total. The SMILES string of the molecule is Cc1cc(C(F)(F)F)ccc1-c1cnnn1C12CCC(CC1)CC2. The summed E-state index contributed by atoms with van der Waals surface area (Å²) in [4.78, 5) is 0. The van der Waals surface area contributed by atoms with Gasteiger partial charge in [0, 0.05) is 5.56 Å². The van der Waals surface area contributed by atoms with E-state index in [9.17, 15) is 13.2 Å². The van der Waals surface area contributed by atoms with Gasteiger partial charge in [0.1, 0.15) is 0 Å². The molecule has 5 rings (SSSR count). The highest BCUT2D eigenvalue weighted by Crippen LogP contribution is 2.49. The van der Waals surface area contributed by atoms with Crippen LogP contribution in [0.5, 0.6) is 0 Å². The predicted octanol–water partition coefficient (Wildman–Crippen LogP) is 4.95. The van der Waals surface area contributed by atoms with Crippen molar-refractivity contribution < 1.29 is 13.2 Å². The molecule has 0 amide bonds. The summed E-state index contributed by atoms with van der Waals surface area (Å²) in [5.74, 6) is 0.839. The van der Waals surface area contributed by atoms with Crippen molar-refractivity contribution in [3.8, 4) is 11.3 Å². The number of nitrogens with zero attached hydrogens (tertiary/aromatic N) is 3. The number of rotatable bonds is 2. The highest BCUT2D eigenvalue weighted by Gasteiger charge is 2.43. The lowest BCUT2D eigenvalue weighted by Crippen LogP contribution is -2.43. The van der Waals surface area contributed by atoms with Crippen molar-refractivity contribution in [2.45, 2.75) is 57.2 Å². The van der Waals surface area contributed by atoms with Crippen LogP contribution in [0.25, 0.3) is 11.3 Å². The first-order valence-electron chi connectivity index (χ1n) is 8.48. The minimum Gasteiger partial charge on any atom is -0.239 e. The molecule has 0 aliphatic heterocycles. The van der Waals surface area contributed by atoms with Gasteiger partial charge in [0.05, 0.1) is 23.0 Å². The van der Waals surface area contributed by atoms with E-state index >= 15 is 0 Å². The van der Waals surface area contributed by atoms with Gasteiger partial charge >= 0.3 is 6.18 Å². The summed E-state index contributed by atoms with van der Waals surface area (Å²) in [7, 11) is 0. The number of benzene rings is 1. The Labute approximate surface area is 138 Å². The molecule has 3 saturated carbocycles. The van der Waals surface area contributed by atoms with E-state index in [0.29, 0.717) is 5.56 Å².